The van der Waals surface area contributed by atoms with Crippen molar-refractivity contribution >= 4 is 17.7 Å². The summed E-state index contributed by atoms with van der Waals surface area (Å²) in [6.07, 6.45) is 8.84. The summed E-state index contributed by atoms with van der Waals surface area (Å²) >= 11 is 0. The molecule has 0 unspecified atom stereocenters. The van der Waals surface area contributed by atoms with E-state index >= 15 is 0 Å². The van der Waals surface area contributed by atoms with E-state index in [2.05, 4.69) is 10.4 Å². The van der Waals surface area contributed by atoms with Crippen LogP contribution in [0.5, 0.6) is 0 Å². The zero-order valence-corrected chi connectivity index (χ0v) is 15.6. The van der Waals surface area contributed by atoms with Crippen molar-refractivity contribution in [3.63, 3.8) is 0 Å². The molecule has 1 aromatic rings. The lowest BCUT2D eigenvalue weighted by molar-refractivity contribution is -0.137. The lowest BCUT2D eigenvalue weighted by atomic mass is 9.82. The fourth-order valence-corrected chi connectivity index (χ4v) is 3.58. The maximum absolute atomic E-state index is 12.5. The average Bonchev–Trinajstić information content (AvgIpc) is 3.14. The van der Waals surface area contributed by atoms with E-state index in [9.17, 15) is 14.4 Å². The monoisotopic (exact) mass is 363 g/mol. The van der Waals surface area contributed by atoms with Crippen LogP contribution in [0.25, 0.3) is 0 Å². The zero-order valence-electron chi connectivity index (χ0n) is 15.6. The van der Waals surface area contributed by atoms with Crippen LogP contribution in [-0.4, -0.2) is 52.0 Å². The second-order valence-electron chi connectivity index (χ2n) is 7.10. The first-order valence-corrected chi connectivity index (χ1v) is 9.20. The molecule has 0 spiro atoms. The van der Waals surface area contributed by atoms with Crippen LogP contribution in [0.1, 0.15) is 51.5 Å². The molecule has 144 valence electrons. The molecular formula is C18H29N5O3. The molecule has 8 heteroatoms. The highest BCUT2D eigenvalue weighted by atomic mass is 16.2. The van der Waals surface area contributed by atoms with Gasteiger partial charge in [0.2, 0.25) is 17.7 Å². The van der Waals surface area contributed by atoms with Crippen LogP contribution in [0.15, 0.2) is 18.5 Å². The molecular weight excluding hydrogens is 334 g/mol. The highest BCUT2D eigenvalue weighted by Crippen LogP contribution is 2.27. The molecule has 0 saturated heterocycles. The van der Waals surface area contributed by atoms with Gasteiger partial charge in [-0.25, -0.2) is 0 Å². The molecule has 1 fully saturated rings. The van der Waals surface area contributed by atoms with Crippen LogP contribution in [0, 0.1) is 5.92 Å². The lowest BCUT2D eigenvalue weighted by Crippen LogP contribution is -2.48. The molecule has 3 amide bonds. The summed E-state index contributed by atoms with van der Waals surface area (Å²) in [4.78, 5) is 37.6. The molecule has 1 aromatic heterocycles. The minimum atomic E-state index is -0.484. The van der Waals surface area contributed by atoms with Gasteiger partial charge in [0.25, 0.3) is 0 Å². The second kappa shape index (κ2) is 9.35. The van der Waals surface area contributed by atoms with E-state index in [1.807, 2.05) is 0 Å². The SMILES string of the molecule is C[C@@H](C(=O)N(C)CC(=O)N[C@@H](CC(N)=O)C1CCCCC1)n1cccn1. The Hall–Kier alpha value is -2.38. The van der Waals surface area contributed by atoms with Crippen LogP contribution >= 0.6 is 0 Å². The molecule has 8 nitrogen and oxygen atoms in total. The Morgan fingerprint density at radius 3 is 2.58 bits per heavy atom. The van der Waals surface area contributed by atoms with Crippen LogP contribution < -0.4 is 11.1 Å². The summed E-state index contributed by atoms with van der Waals surface area (Å²) in [5.74, 6) is -0.625. The van der Waals surface area contributed by atoms with Crippen molar-refractivity contribution in [3.8, 4) is 0 Å². The molecule has 0 bridgehead atoms. The number of hydrogen-bond donors (Lipinski definition) is 2. The quantitative estimate of drug-likeness (QED) is 0.713. The number of aromatic nitrogens is 2. The molecule has 3 N–H and O–H groups in total. The number of nitrogens with zero attached hydrogens (tertiary/aromatic N) is 3. The Bertz CT molecular complexity index is 610. The molecule has 1 heterocycles. The molecule has 2 atom stereocenters. The van der Waals surface area contributed by atoms with Gasteiger partial charge in [0.05, 0.1) is 6.54 Å². The van der Waals surface area contributed by atoms with E-state index in [4.69, 9.17) is 5.73 Å². The van der Waals surface area contributed by atoms with E-state index in [1.54, 1.807) is 37.1 Å². The smallest absolute Gasteiger partial charge is 0.247 e. The normalized spacial score (nSPS) is 17.3. The van der Waals surface area contributed by atoms with E-state index in [1.165, 1.54) is 11.3 Å². The fraction of sp³-hybridized carbons (Fsp3) is 0.667. The van der Waals surface area contributed by atoms with Gasteiger partial charge < -0.3 is 16.0 Å². The topological polar surface area (TPSA) is 110 Å². The van der Waals surface area contributed by atoms with E-state index < -0.39 is 11.9 Å². The summed E-state index contributed by atoms with van der Waals surface area (Å²) in [5.41, 5.74) is 5.35. The third-order valence-electron chi connectivity index (χ3n) is 5.02. The Labute approximate surface area is 154 Å². The van der Waals surface area contributed by atoms with Gasteiger partial charge in [-0.1, -0.05) is 19.3 Å². The largest absolute Gasteiger partial charge is 0.370 e. The number of amides is 3. The van der Waals surface area contributed by atoms with Gasteiger partial charge in [0, 0.05) is 31.9 Å². The van der Waals surface area contributed by atoms with E-state index in [0.717, 1.165) is 25.7 Å². The van der Waals surface area contributed by atoms with Crippen LogP contribution in [-0.2, 0) is 14.4 Å². The van der Waals surface area contributed by atoms with Crippen molar-refractivity contribution in [1.29, 1.82) is 0 Å². The van der Waals surface area contributed by atoms with Crippen molar-refractivity contribution in [3.05, 3.63) is 18.5 Å². The molecule has 0 aliphatic heterocycles. The maximum Gasteiger partial charge on any atom is 0.247 e. The van der Waals surface area contributed by atoms with Gasteiger partial charge in [0.15, 0.2) is 0 Å². The Morgan fingerprint density at radius 2 is 2.00 bits per heavy atom. The van der Waals surface area contributed by atoms with Crippen molar-refractivity contribution in [1.82, 2.24) is 20.0 Å². The molecule has 0 radical (unpaired) electrons. The summed E-state index contributed by atoms with van der Waals surface area (Å²) in [6.45, 7) is 1.67. The maximum atomic E-state index is 12.5. The van der Waals surface area contributed by atoms with Crippen molar-refractivity contribution < 1.29 is 14.4 Å². The summed E-state index contributed by atoms with van der Waals surface area (Å²) in [7, 11) is 1.59. The highest BCUT2D eigenvalue weighted by molar-refractivity contribution is 5.86. The average molecular weight is 363 g/mol. The number of likely N-dealkylation sites (N-methyl/N-ethyl adjacent to an activating group) is 1. The van der Waals surface area contributed by atoms with Crippen LogP contribution in [0.2, 0.25) is 0 Å². The van der Waals surface area contributed by atoms with Crippen molar-refractivity contribution in [2.75, 3.05) is 13.6 Å². The number of nitrogens with two attached hydrogens (primary N) is 1. The minimum absolute atomic E-state index is 0.0631. The minimum Gasteiger partial charge on any atom is -0.370 e. The first kappa shape index (κ1) is 19.9. The molecule has 2 rings (SSSR count). The molecule has 1 aliphatic rings. The van der Waals surface area contributed by atoms with Gasteiger partial charge in [-0.2, -0.15) is 5.10 Å². The number of nitrogens with one attached hydrogen (secondary N) is 1. The van der Waals surface area contributed by atoms with Gasteiger partial charge in [0.1, 0.15) is 6.04 Å². The number of primary amides is 1. The third kappa shape index (κ3) is 5.57. The summed E-state index contributed by atoms with van der Waals surface area (Å²) in [6, 6.07) is 1.00. The first-order chi connectivity index (χ1) is 12.4. The van der Waals surface area contributed by atoms with E-state index in [-0.39, 0.29) is 36.7 Å². The van der Waals surface area contributed by atoms with Gasteiger partial charge >= 0.3 is 0 Å². The summed E-state index contributed by atoms with van der Waals surface area (Å²) in [5, 5.41) is 6.98. The van der Waals surface area contributed by atoms with Crippen LogP contribution in [0.4, 0.5) is 0 Å². The Kier molecular flexibility index (Phi) is 7.17. The molecule has 0 aromatic carbocycles. The number of carbonyl (C=O) groups is 3. The Balaban J connectivity index is 1.91. The highest BCUT2D eigenvalue weighted by Gasteiger charge is 2.28. The number of hydrogen-bond acceptors (Lipinski definition) is 4. The predicted octanol–water partition coefficient (Wildman–Crippen LogP) is 0.843. The summed E-state index contributed by atoms with van der Waals surface area (Å²) < 4.78 is 1.55. The van der Waals surface area contributed by atoms with E-state index in [0.29, 0.717) is 0 Å². The van der Waals surface area contributed by atoms with Gasteiger partial charge in [-0.15, -0.1) is 0 Å². The van der Waals surface area contributed by atoms with Crippen molar-refractivity contribution in [2.24, 2.45) is 11.7 Å². The fourth-order valence-electron chi connectivity index (χ4n) is 3.58. The molecule has 1 aliphatic carbocycles. The first-order valence-electron chi connectivity index (χ1n) is 9.20. The lowest BCUT2D eigenvalue weighted by Gasteiger charge is -2.31. The second-order valence-corrected chi connectivity index (χ2v) is 7.10. The Morgan fingerprint density at radius 1 is 1.31 bits per heavy atom. The molecule has 1 saturated carbocycles. The predicted molar refractivity (Wildman–Crippen MR) is 96.9 cm³/mol. The molecule has 26 heavy (non-hydrogen) atoms. The van der Waals surface area contributed by atoms with Gasteiger partial charge in [-0.3, -0.25) is 19.1 Å². The number of rotatable bonds is 8. The van der Waals surface area contributed by atoms with Crippen molar-refractivity contribution in [2.45, 2.75) is 57.5 Å². The zero-order chi connectivity index (χ0) is 19.1. The van der Waals surface area contributed by atoms with Gasteiger partial charge in [-0.05, 0) is 31.7 Å². The number of carbonyl (C=O) groups excluding carboxylic acids is 3. The third-order valence-corrected chi connectivity index (χ3v) is 5.02. The van der Waals surface area contributed by atoms with Crippen LogP contribution in [0.3, 0.4) is 0 Å². The standard InChI is InChI=1S/C18H29N5O3/c1-13(23-10-6-9-20-23)18(26)22(2)12-17(25)21-15(11-16(19)24)14-7-4-3-5-8-14/h6,9-10,13-15H,3-5,7-8,11-12H2,1-2H3,(H2,19,24)(H,21,25)/t13-,15-/m0/s1.